The van der Waals surface area contributed by atoms with Crippen LogP contribution in [-0.4, -0.2) is 27.7 Å². The number of rotatable bonds is 7. The van der Waals surface area contributed by atoms with Crippen molar-refractivity contribution in [2.45, 2.75) is 45.0 Å². The summed E-state index contributed by atoms with van der Waals surface area (Å²) < 4.78 is 5.02. The Morgan fingerprint density at radius 3 is 2.27 bits per heavy atom. The van der Waals surface area contributed by atoms with E-state index in [1.165, 1.54) is 11.8 Å². The van der Waals surface area contributed by atoms with E-state index in [1.54, 1.807) is 13.8 Å². The van der Waals surface area contributed by atoms with Crippen LogP contribution in [0.2, 0.25) is 0 Å². The molecule has 1 unspecified atom stereocenters. The van der Waals surface area contributed by atoms with Crippen molar-refractivity contribution >= 4 is 23.7 Å². The highest BCUT2D eigenvalue weighted by Crippen LogP contribution is 2.32. The molecule has 4 nitrogen and oxygen atoms in total. The van der Waals surface area contributed by atoms with E-state index in [9.17, 15) is 9.59 Å². The smallest absolute Gasteiger partial charge is 0.359 e. The first kappa shape index (κ1) is 14.3. The summed E-state index contributed by atoms with van der Waals surface area (Å²) in [6.45, 7) is 5.31. The molecule has 0 spiro atoms. The second kappa shape index (κ2) is 6.71. The minimum atomic E-state index is -1.40. The summed E-state index contributed by atoms with van der Waals surface area (Å²) in [4.78, 5) is 20.9. The Morgan fingerprint density at radius 2 is 1.93 bits per heavy atom. The van der Waals surface area contributed by atoms with Gasteiger partial charge in [-0.25, -0.2) is 4.79 Å². The van der Waals surface area contributed by atoms with Gasteiger partial charge in [0.15, 0.2) is 0 Å². The summed E-state index contributed by atoms with van der Waals surface area (Å²) in [6, 6.07) is 0. The largest absolute Gasteiger partial charge is 0.478 e. The number of carboxylic acids is 1. The first-order valence-corrected chi connectivity index (χ1v) is 6.10. The zero-order valence-electron chi connectivity index (χ0n) is 9.41. The predicted octanol–water partition coefficient (Wildman–Crippen LogP) is 2.27. The van der Waals surface area contributed by atoms with Gasteiger partial charge in [0.05, 0.1) is 0 Å². The highest BCUT2D eigenvalue weighted by molar-refractivity contribution is 8.01. The lowest BCUT2D eigenvalue weighted by atomic mass is 10.2. The molecule has 88 valence electrons. The van der Waals surface area contributed by atoms with E-state index < -0.39 is 16.9 Å². The first-order valence-electron chi connectivity index (χ1n) is 5.11. The lowest BCUT2D eigenvalue weighted by Crippen LogP contribution is -2.39. The summed E-state index contributed by atoms with van der Waals surface area (Å²) in [5, 5.41) is 9.10. The van der Waals surface area contributed by atoms with Crippen molar-refractivity contribution in [1.29, 1.82) is 0 Å². The van der Waals surface area contributed by atoms with Gasteiger partial charge >= 0.3 is 11.9 Å². The molecular weight excluding hydrogens is 216 g/mol. The molecule has 0 radical (unpaired) electrons. The normalized spacial score (nSPS) is 14.3. The van der Waals surface area contributed by atoms with Gasteiger partial charge in [0.2, 0.25) is 0 Å². The van der Waals surface area contributed by atoms with Crippen LogP contribution in [0.1, 0.15) is 40.0 Å². The molecule has 5 heteroatoms. The Morgan fingerprint density at radius 1 is 1.33 bits per heavy atom. The van der Waals surface area contributed by atoms with Crippen molar-refractivity contribution in [2.75, 3.05) is 5.75 Å². The fraction of sp³-hybridized carbons (Fsp3) is 0.800. The minimum Gasteiger partial charge on any atom is -0.478 e. The number of carbonyl (C=O) groups is 2. The van der Waals surface area contributed by atoms with Crippen LogP contribution in [0.15, 0.2) is 0 Å². The Bertz CT molecular complexity index is 229. The van der Waals surface area contributed by atoms with Gasteiger partial charge in [-0.3, -0.25) is 4.79 Å². The molecule has 0 rings (SSSR count). The van der Waals surface area contributed by atoms with E-state index in [1.807, 2.05) is 6.92 Å². The Hall–Kier alpha value is -0.710. The maximum Gasteiger partial charge on any atom is 0.359 e. The molecular formula is C10H18O4S. The Labute approximate surface area is 94.4 Å². The molecule has 0 aromatic carbocycles. The zero-order valence-corrected chi connectivity index (χ0v) is 10.2. The summed E-state index contributed by atoms with van der Waals surface area (Å²) in [5.41, 5.74) is 0. The van der Waals surface area contributed by atoms with Crippen LogP contribution in [0.4, 0.5) is 0 Å². The number of hydrogen-bond acceptors (Lipinski definition) is 4. The number of ether oxygens (including phenoxy) is 1. The second-order valence-electron chi connectivity index (χ2n) is 3.09. The molecule has 0 heterocycles. The van der Waals surface area contributed by atoms with Crippen LogP contribution in [0.3, 0.4) is 0 Å². The van der Waals surface area contributed by atoms with Crippen LogP contribution < -0.4 is 0 Å². The maximum absolute atomic E-state index is 11.2. The Balaban J connectivity index is 4.64. The molecule has 0 aliphatic carbocycles. The van der Waals surface area contributed by atoms with Crippen molar-refractivity contribution in [1.82, 2.24) is 0 Å². The number of esters is 1. The molecule has 0 saturated heterocycles. The van der Waals surface area contributed by atoms with Crippen LogP contribution in [0.5, 0.6) is 0 Å². The first-order chi connectivity index (χ1) is 7.02. The van der Waals surface area contributed by atoms with Gasteiger partial charge in [-0.15, -0.1) is 11.8 Å². The molecule has 1 N–H and O–H groups in total. The van der Waals surface area contributed by atoms with Gasteiger partial charge in [0.25, 0.3) is 4.93 Å². The number of hydrogen-bond donors (Lipinski definition) is 1. The lowest BCUT2D eigenvalue weighted by molar-refractivity contribution is -0.167. The molecule has 1 atom stereocenters. The van der Waals surface area contributed by atoms with E-state index in [0.29, 0.717) is 5.75 Å². The Kier molecular flexibility index (Phi) is 6.40. The van der Waals surface area contributed by atoms with Crippen molar-refractivity contribution in [3.05, 3.63) is 0 Å². The SMILES string of the molecule is CCCSC(CC)(OC(=O)CC)C(=O)O. The summed E-state index contributed by atoms with van der Waals surface area (Å²) in [7, 11) is 0. The second-order valence-corrected chi connectivity index (χ2v) is 4.44. The van der Waals surface area contributed by atoms with Crippen molar-refractivity contribution in [3.8, 4) is 0 Å². The van der Waals surface area contributed by atoms with Crippen molar-refractivity contribution in [3.63, 3.8) is 0 Å². The zero-order chi connectivity index (χ0) is 11.9. The number of carbonyl (C=O) groups excluding carboxylic acids is 1. The van der Waals surface area contributed by atoms with Crippen LogP contribution in [0.25, 0.3) is 0 Å². The molecule has 0 saturated carbocycles. The van der Waals surface area contributed by atoms with E-state index in [2.05, 4.69) is 0 Å². The average Bonchev–Trinajstić information content (AvgIpc) is 2.23. The van der Waals surface area contributed by atoms with Gasteiger partial charge < -0.3 is 9.84 Å². The van der Waals surface area contributed by atoms with Gasteiger partial charge in [0.1, 0.15) is 0 Å². The van der Waals surface area contributed by atoms with Crippen molar-refractivity contribution < 1.29 is 19.4 Å². The van der Waals surface area contributed by atoms with Crippen LogP contribution >= 0.6 is 11.8 Å². The molecule has 0 aliphatic heterocycles. The fourth-order valence-electron chi connectivity index (χ4n) is 0.983. The number of thioether (sulfide) groups is 1. The van der Waals surface area contributed by atoms with Gasteiger partial charge in [-0.2, -0.15) is 0 Å². The molecule has 0 aromatic rings. The third-order valence-electron chi connectivity index (χ3n) is 1.90. The third kappa shape index (κ3) is 4.11. The van der Waals surface area contributed by atoms with E-state index in [-0.39, 0.29) is 12.8 Å². The molecule has 15 heavy (non-hydrogen) atoms. The quantitative estimate of drug-likeness (QED) is 0.541. The van der Waals surface area contributed by atoms with E-state index in [4.69, 9.17) is 9.84 Å². The number of carboxylic acid groups (broad SMARTS) is 1. The monoisotopic (exact) mass is 234 g/mol. The summed E-state index contributed by atoms with van der Waals surface area (Å²) in [5.74, 6) is -0.884. The molecule has 0 aromatic heterocycles. The van der Waals surface area contributed by atoms with Crippen molar-refractivity contribution in [2.24, 2.45) is 0 Å². The molecule has 0 amide bonds. The minimum absolute atomic E-state index is 0.196. The van der Waals surface area contributed by atoms with Crippen LogP contribution in [-0.2, 0) is 14.3 Å². The highest BCUT2D eigenvalue weighted by Gasteiger charge is 2.41. The van der Waals surface area contributed by atoms with E-state index in [0.717, 1.165) is 6.42 Å². The predicted molar refractivity (Wildman–Crippen MR) is 59.8 cm³/mol. The third-order valence-corrected chi connectivity index (χ3v) is 3.52. The fourth-order valence-corrected chi connectivity index (χ4v) is 2.00. The molecule has 0 fully saturated rings. The van der Waals surface area contributed by atoms with Gasteiger partial charge in [-0.1, -0.05) is 20.8 Å². The maximum atomic E-state index is 11.2. The summed E-state index contributed by atoms with van der Waals surface area (Å²) in [6.07, 6.45) is 1.32. The topological polar surface area (TPSA) is 63.6 Å². The lowest BCUT2D eigenvalue weighted by Gasteiger charge is -2.27. The van der Waals surface area contributed by atoms with E-state index >= 15 is 0 Å². The summed E-state index contributed by atoms with van der Waals surface area (Å²) >= 11 is 1.18. The number of aliphatic carboxylic acids is 1. The van der Waals surface area contributed by atoms with Crippen LogP contribution in [0, 0.1) is 0 Å². The standard InChI is InChI=1S/C10H18O4S/c1-4-7-15-10(6-3,9(12)13)14-8(11)5-2/h4-7H2,1-3H3,(H,12,13). The van der Waals surface area contributed by atoms with Gasteiger partial charge in [-0.05, 0) is 12.2 Å². The van der Waals surface area contributed by atoms with Gasteiger partial charge in [0, 0.05) is 12.8 Å². The molecule has 0 bridgehead atoms. The molecule has 0 aliphatic rings. The highest BCUT2D eigenvalue weighted by atomic mass is 32.2. The average molecular weight is 234 g/mol.